The maximum atomic E-state index is 12.4. The number of non-ortho nitro benzene ring substituents is 1. The lowest BCUT2D eigenvalue weighted by molar-refractivity contribution is -0.384. The van der Waals surface area contributed by atoms with Crippen molar-refractivity contribution < 1.29 is 19.3 Å². The zero-order valence-corrected chi connectivity index (χ0v) is 12.8. The maximum absolute atomic E-state index is 12.4. The van der Waals surface area contributed by atoms with E-state index in [0.29, 0.717) is 6.42 Å². The lowest BCUT2D eigenvalue weighted by Gasteiger charge is -2.22. The van der Waals surface area contributed by atoms with Gasteiger partial charge in [-0.15, -0.1) is 0 Å². The van der Waals surface area contributed by atoms with Gasteiger partial charge in [-0.1, -0.05) is 19.1 Å². The van der Waals surface area contributed by atoms with E-state index in [2.05, 4.69) is 5.43 Å². The minimum Gasteiger partial charge on any atom is -0.272 e. The van der Waals surface area contributed by atoms with Crippen molar-refractivity contribution in [1.29, 1.82) is 0 Å². The van der Waals surface area contributed by atoms with Crippen LogP contribution in [0.3, 0.4) is 0 Å². The average Bonchev–Trinajstić information content (AvgIpc) is 2.81. The number of allylic oxidation sites excluding steroid dienone is 2. The topological polar surface area (TPSA) is 110 Å². The molecule has 3 amide bonds. The minimum absolute atomic E-state index is 0.0681. The molecule has 0 aromatic heterocycles. The molecule has 1 aliphatic heterocycles. The van der Waals surface area contributed by atoms with Gasteiger partial charge in [0.2, 0.25) is 0 Å². The summed E-state index contributed by atoms with van der Waals surface area (Å²) in [7, 11) is 0. The minimum atomic E-state index is -0.661. The van der Waals surface area contributed by atoms with Crippen molar-refractivity contribution in [2.45, 2.75) is 13.3 Å². The lowest BCUT2D eigenvalue weighted by Crippen LogP contribution is -2.46. The second-order valence-corrected chi connectivity index (χ2v) is 5.91. The van der Waals surface area contributed by atoms with E-state index in [1.807, 2.05) is 19.1 Å². The molecule has 3 rings (SSSR count). The van der Waals surface area contributed by atoms with Gasteiger partial charge in [0.15, 0.2) is 0 Å². The first kappa shape index (κ1) is 15.9. The maximum Gasteiger partial charge on any atom is 0.270 e. The van der Waals surface area contributed by atoms with Crippen molar-refractivity contribution in [3.8, 4) is 0 Å². The molecule has 1 fully saturated rings. The fourth-order valence-corrected chi connectivity index (χ4v) is 3.16. The van der Waals surface area contributed by atoms with E-state index in [1.165, 1.54) is 24.3 Å². The highest BCUT2D eigenvalue weighted by molar-refractivity contribution is 6.08. The second-order valence-electron chi connectivity index (χ2n) is 5.91. The molecule has 0 bridgehead atoms. The van der Waals surface area contributed by atoms with Crippen LogP contribution >= 0.6 is 0 Å². The number of nitro groups is 1. The van der Waals surface area contributed by atoms with E-state index < -0.39 is 34.5 Å². The Hall–Kier alpha value is -3.03. The standard InChI is InChI=1S/C16H15N3O5/c1-9-3-2-4-12-13(9)16(22)18(15(12)21)17-14(20)10-5-7-11(8-6-10)19(23)24/h2-3,5-9,12-13H,4H2,1H3,(H,17,20)/t9-,12+,13+/m1/s1. The Morgan fingerprint density at radius 2 is 1.92 bits per heavy atom. The van der Waals surface area contributed by atoms with Crippen molar-refractivity contribution in [3.63, 3.8) is 0 Å². The first-order valence-corrected chi connectivity index (χ1v) is 7.50. The van der Waals surface area contributed by atoms with Gasteiger partial charge >= 0.3 is 0 Å². The molecule has 1 aromatic carbocycles. The van der Waals surface area contributed by atoms with E-state index in [-0.39, 0.29) is 17.2 Å². The van der Waals surface area contributed by atoms with Crippen molar-refractivity contribution >= 4 is 23.4 Å². The molecule has 2 aliphatic rings. The molecule has 124 valence electrons. The van der Waals surface area contributed by atoms with Crippen molar-refractivity contribution in [1.82, 2.24) is 10.4 Å². The van der Waals surface area contributed by atoms with Gasteiger partial charge in [-0.05, 0) is 24.5 Å². The van der Waals surface area contributed by atoms with Gasteiger partial charge in [-0.3, -0.25) is 29.9 Å². The molecule has 0 unspecified atom stereocenters. The third-order valence-corrected chi connectivity index (χ3v) is 4.43. The van der Waals surface area contributed by atoms with E-state index >= 15 is 0 Å². The SMILES string of the molecule is C[C@@H]1C=CC[C@@H]2C(=O)N(NC(=O)c3ccc([N+](=O)[O-])cc3)C(=O)[C@@H]12. The second kappa shape index (κ2) is 5.88. The van der Waals surface area contributed by atoms with Crippen LogP contribution in [-0.2, 0) is 9.59 Å². The van der Waals surface area contributed by atoms with Crippen molar-refractivity contribution in [2.75, 3.05) is 0 Å². The third kappa shape index (κ3) is 2.55. The van der Waals surface area contributed by atoms with E-state index in [0.717, 1.165) is 5.01 Å². The highest BCUT2D eigenvalue weighted by Crippen LogP contribution is 2.37. The Balaban J connectivity index is 1.76. The summed E-state index contributed by atoms with van der Waals surface area (Å²) < 4.78 is 0. The number of rotatable bonds is 3. The van der Waals surface area contributed by atoms with Crippen LogP contribution in [0.1, 0.15) is 23.7 Å². The fourth-order valence-electron chi connectivity index (χ4n) is 3.16. The van der Waals surface area contributed by atoms with E-state index in [9.17, 15) is 24.5 Å². The van der Waals surface area contributed by atoms with Gasteiger partial charge in [0, 0.05) is 17.7 Å². The molecule has 8 nitrogen and oxygen atoms in total. The number of nitro benzene ring substituents is 1. The Morgan fingerprint density at radius 3 is 2.50 bits per heavy atom. The number of amides is 3. The van der Waals surface area contributed by atoms with E-state index in [1.54, 1.807) is 0 Å². The molecular formula is C16H15N3O5. The van der Waals surface area contributed by atoms with Gasteiger partial charge in [0.1, 0.15) is 0 Å². The molecule has 1 aliphatic carbocycles. The quantitative estimate of drug-likeness (QED) is 0.390. The lowest BCUT2D eigenvalue weighted by atomic mass is 9.78. The van der Waals surface area contributed by atoms with E-state index in [4.69, 9.17) is 0 Å². The predicted molar refractivity (Wildman–Crippen MR) is 82.3 cm³/mol. The van der Waals surface area contributed by atoms with Gasteiger partial charge < -0.3 is 0 Å². The molecule has 0 spiro atoms. The molecule has 3 atom stereocenters. The summed E-state index contributed by atoms with van der Waals surface area (Å²) in [6.45, 7) is 1.86. The largest absolute Gasteiger partial charge is 0.272 e. The van der Waals surface area contributed by atoms with Gasteiger partial charge in [0.05, 0.1) is 16.8 Å². The molecule has 8 heteroatoms. The van der Waals surface area contributed by atoms with Gasteiger partial charge in [-0.2, -0.15) is 5.01 Å². The van der Waals surface area contributed by atoms with Gasteiger partial charge in [0.25, 0.3) is 23.4 Å². The van der Waals surface area contributed by atoms with Crippen molar-refractivity contribution in [2.24, 2.45) is 17.8 Å². The zero-order chi connectivity index (χ0) is 17.4. The Morgan fingerprint density at radius 1 is 1.25 bits per heavy atom. The number of hydrogen-bond donors (Lipinski definition) is 1. The number of imide groups is 1. The number of fused-ring (bicyclic) bond motifs is 1. The highest BCUT2D eigenvalue weighted by atomic mass is 16.6. The molecule has 0 saturated carbocycles. The third-order valence-electron chi connectivity index (χ3n) is 4.43. The average molecular weight is 329 g/mol. The summed E-state index contributed by atoms with van der Waals surface area (Å²) in [6.07, 6.45) is 4.25. The summed E-state index contributed by atoms with van der Waals surface area (Å²) in [5.74, 6) is -2.48. The number of nitrogens with zero attached hydrogens (tertiary/aromatic N) is 2. The van der Waals surface area contributed by atoms with Crippen LogP contribution in [0.5, 0.6) is 0 Å². The number of carbonyl (C=O) groups excluding carboxylic acids is 3. The number of hydrogen-bond acceptors (Lipinski definition) is 5. The number of benzene rings is 1. The highest BCUT2D eigenvalue weighted by Gasteiger charge is 2.50. The smallest absolute Gasteiger partial charge is 0.270 e. The Bertz CT molecular complexity index is 755. The van der Waals surface area contributed by atoms with Crippen LogP contribution in [0, 0.1) is 27.9 Å². The number of carbonyl (C=O) groups is 3. The summed E-state index contributed by atoms with van der Waals surface area (Å²) in [5.41, 5.74) is 2.30. The van der Waals surface area contributed by atoms with Gasteiger partial charge in [-0.25, -0.2) is 0 Å². The molecule has 0 radical (unpaired) electrons. The fraction of sp³-hybridized carbons (Fsp3) is 0.312. The van der Waals surface area contributed by atoms with Crippen LogP contribution in [-0.4, -0.2) is 27.7 Å². The normalized spacial score (nSPS) is 25.5. The summed E-state index contributed by atoms with van der Waals surface area (Å²) in [5, 5.41) is 11.4. The Kier molecular flexibility index (Phi) is 3.88. The summed E-state index contributed by atoms with van der Waals surface area (Å²) in [4.78, 5) is 47.1. The summed E-state index contributed by atoms with van der Waals surface area (Å²) in [6, 6.07) is 4.92. The number of nitrogens with one attached hydrogen (secondary N) is 1. The van der Waals surface area contributed by atoms with Crippen LogP contribution < -0.4 is 5.43 Å². The number of hydrazine groups is 1. The molecule has 1 aromatic rings. The van der Waals surface area contributed by atoms with Crippen LogP contribution in [0.4, 0.5) is 5.69 Å². The molecule has 24 heavy (non-hydrogen) atoms. The molecule has 1 saturated heterocycles. The first-order valence-electron chi connectivity index (χ1n) is 7.50. The van der Waals surface area contributed by atoms with Crippen molar-refractivity contribution in [3.05, 3.63) is 52.1 Å². The van der Waals surface area contributed by atoms with Crippen LogP contribution in [0.25, 0.3) is 0 Å². The first-order chi connectivity index (χ1) is 11.4. The summed E-state index contributed by atoms with van der Waals surface area (Å²) >= 11 is 0. The zero-order valence-electron chi connectivity index (χ0n) is 12.8. The molecule has 1 N–H and O–H groups in total. The Labute approximate surface area is 137 Å². The molecular weight excluding hydrogens is 314 g/mol. The van der Waals surface area contributed by atoms with Crippen LogP contribution in [0.15, 0.2) is 36.4 Å². The predicted octanol–water partition coefficient (Wildman–Crippen LogP) is 1.44. The van der Waals surface area contributed by atoms with Crippen LogP contribution in [0.2, 0.25) is 0 Å². The monoisotopic (exact) mass is 329 g/mol. The molecule has 1 heterocycles.